The Kier molecular flexibility index (Phi) is 15.8. The Morgan fingerprint density at radius 1 is 1.13 bits per heavy atom. The molecule has 0 saturated carbocycles. The Bertz CT molecular complexity index is 338. The summed E-state index contributed by atoms with van der Waals surface area (Å²) >= 11 is 0. The van der Waals surface area contributed by atoms with Gasteiger partial charge in [-0.3, -0.25) is 4.99 Å². The summed E-state index contributed by atoms with van der Waals surface area (Å²) in [5.74, 6) is 1.27. The zero-order valence-corrected chi connectivity index (χ0v) is 17.8. The molecule has 0 radical (unpaired) electrons. The van der Waals surface area contributed by atoms with E-state index in [1.807, 2.05) is 6.92 Å². The first-order valence-corrected chi connectivity index (χ1v) is 8.40. The van der Waals surface area contributed by atoms with Gasteiger partial charge in [0.05, 0.1) is 19.2 Å². The summed E-state index contributed by atoms with van der Waals surface area (Å²) in [6.07, 6.45) is 1.52. The molecule has 2 atom stereocenters. The van der Waals surface area contributed by atoms with Crippen LogP contribution in [-0.4, -0.2) is 43.8 Å². The van der Waals surface area contributed by atoms with Crippen LogP contribution in [0.3, 0.4) is 0 Å². The van der Waals surface area contributed by atoms with Crippen molar-refractivity contribution in [2.24, 2.45) is 10.9 Å². The molecule has 1 amide bonds. The van der Waals surface area contributed by atoms with Crippen molar-refractivity contribution in [2.75, 3.05) is 19.7 Å². The van der Waals surface area contributed by atoms with Gasteiger partial charge in [-0.15, -0.1) is 24.0 Å². The second kappa shape index (κ2) is 14.8. The highest BCUT2D eigenvalue weighted by atomic mass is 127. The highest BCUT2D eigenvalue weighted by Crippen LogP contribution is 2.05. The van der Waals surface area contributed by atoms with E-state index in [0.717, 1.165) is 25.3 Å². The van der Waals surface area contributed by atoms with Crippen molar-refractivity contribution in [3.05, 3.63) is 0 Å². The number of ether oxygens (including phenoxy) is 1. The van der Waals surface area contributed by atoms with Crippen LogP contribution in [0.5, 0.6) is 0 Å². The molecule has 0 aliphatic carbocycles. The maximum atomic E-state index is 11.6. The second-order valence-electron chi connectivity index (χ2n) is 5.86. The van der Waals surface area contributed by atoms with Gasteiger partial charge in [0.2, 0.25) is 0 Å². The lowest BCUT2D eigenvalue weighted by molar-refractivity contribution is 0.147. The van der Waals surface area contributed by atoms with E-state index < -0.39 is 0 Å². The summed E-state index contributed by atoms with van der Waals surface area (Å²) in [6, 6.07) is 0.339. The van der Waals surface area contributed by atoms with Gasteiger partial charge >= 0.3 is 6.09 Å². The van der Waals surface area contributed by atoms with Gasteiger partial charge in [0.25, 0.3) is 0 Å². The second-order valence-corrected chi connectivity index (χ2v) is 5.86. The molecule has 2 unspecified atom stereocenters. The molecule has 0 bridgehead atoms. The van der Waals surface area contributed by atoms with Gasteiger partial charge in [0, 0.05) is 12.6 Å². The Balaban J connectivity index is 0. The molecule has 0 aromatic rings. The van der Waals surface area contributed by atoms with Crippen LogP contribution in [0.2, 0.25) is 0 Å². The topological polar surface area (TPSA) is 74.8 Å². The number of carbonyl (C=O) groups is 1. The number of hydrogen-bond donors (Lipinski definition) is 3. The third kappa shape index (κ3) is 13.4. The largest absolute Gasteiger partial charge is 0.450 e. The number of aliphatic imine (C=N–C) groups is 1. The van der Waals surface area contributed by atoms with Crippen molar-refractivity contribution in [3.8, 4) is 0 Å². The Morgan fingerprint density at radius 2 is 1.78 bits per heavy atom. The van der Waals surface area contributed by atoms with Gasteiger partial charge in [-0.25, -0.2) is 4.79 Å². The van der Waals surface area contributed by atoms with E-state index in [1.165, 1.54) is 0 Å². The molecule has 6 nitrogen and oxygen atoms in total. The zero-order valence-electron chi connectivity index (χ0n) is 15.4. The minimum atomic E-state index is -0.372. The van der Waals surface area contributed by atoms with Gasteiger partial charge in [0.15, 0.2) is 5.96 Å². The maximum Gasteiger partial charge on any atom is 0.407 e. The van der Waals surface area contributed by atoms with Gasteiger partial charge in [-0.05, 0) is 39.5 Å². The number of rotatable bonds is 9. The van der Waals surface area contributed by atoms with E-state index in [4.69, 9.17) is 4.74 Å². The number of halogens is 1. The van der Waals surface area contributed by atoms with Crippen LogP contribution in [0.1, 0.15) is 54.4 Å². The van der Waals surface area contributed by atoms with Crippen molar-refractivity contribution >= 4 is 36.0 Å². The number of guanidine groups is 1. The molecule has 23 heavy (non-hydrogen) atoms. The summed E-state index contributed by atoms with van der Waals surface area (Å²) in [6.45, 7) is 14.1. The molecule has 0 aliphatic rings. The summed E-state index contributed by atoms with van der Waals surface area (Å²) < 4.78 is 4.96. The Labute approximate surface area is 158 Å². The number of hydrogen-bond acceptors (Lipinski definition) is 3. The monoisotopic (exact) mass is 442 g/mol. The average Bonchev–Trinajstić information content (AvgIpc) is 2.44. The smallest absolute Gasteiger partial charge is 0.407 e. The molecule has 138 valence electrons. The van der Waals surface area contributed by atoms with Crippen LogP contribution in [0.15, 0.2) is 4.99 Å². The predicted octanol–water partition coefficient (Wildman–Crippen LogP) is 3.12. The molecule has 0 rings (SSSR count). The molecule has 0 aromatic heterocycles. The first kappa shape index (κ1) is 24.5. The van der Waals surface area contributed by atoms with Crippen LogP contribution in [0, 0.1) is 5.92 Å². The quantitative estimate of drug-likeness (QED) is 0.292. The fourth-order valence-corrected chi connectivity index (χ4v) is 1.94. The molecular weight excluding hydrogens is 407 g/mol. The van der Waals surface area contributed by atoms with Crippen molar-refractivity contribution in [1.82, 2.24) is 16.0 Å². The highest BCUT2D eigenvalue weighted by Gasteiger charge is 2.15. The third-order valence-electron chi connectivity index (χ3n) is 3.16. The van der Waals surface area contributed by atoms with Crippen LogP contribution < -0.4 is 16.0 Å². The summed E-state index contributed by atoms with van der Waals surface area (Å²) in [5, 5.41) is 9.47. The Morgan fingerprint density at radius 3 is 2.26 bits per heavy atom. The minimum absolute atomic E-state index is 0. The summed E-state index contributed by atoms with van der Waals surface area (Å²) in [4.78, 5) is 16.2. The molecule has 7 heteroatoms. The van der Waals surface area contributed by atoms with Crippen LogP contribution in [-0.2, 0) is 4.74 Å². The van der Waals surface area contributed by atoms with Gasteiger partial charge in [-0.1, -0.05) is 20.8 Å². The number of nitrogens with one attached hydrogen (secondary N) is 3. The van der Waals surface area contributed by atoms with Crippen molar-refractivity contribution in [1.29, 1.82) is 0 Å². The predicted molar refractivity (Wildman–Crippen MR) is 108 cm³/mol. The lowest BCUT2D eigenvalue weighted by Crippen LogP contribution is -2.44. The maximum absolute atomic E-state index is 11.6. The minimum Gasteiger partial charge on any atom is -0.450 e. The average molecular weight is 442 g/mol. The normalized spacial score (nSPS) is 13.8. The number of carbonyl (C=O) groups excluding carboxylic acids is 1. The molecule has 0 saturated heterocycles. The van der Waals surface area contributed by atoms with Crippen LogP contribution >= 0.6 is 24.0 Å². The molecular formula is C16H35IN4O2. The molecule has 0 heterocycles. The molecule has 0 aromatic carbocycles. The first-order valence-electron chi connectivity index (χ1n) is 8.40. The van der Waals surface area contributed by atoms with E-state index in [1.54, 1.807) is 6.92 Å². The number of nitrogens with zero attached hydrogens (tertiary/aromatic N) is 1. The molecule has 0 fully saturated rings. The summed E-state index contributed by atoms with van der Waals surface area (Å²) in [5.41, 5.74) is 0. The van der Waals surface area contributed by atoms with Crippen LogP contribution in [0.25, 0.3) is 0 Å². The van der Waals surface area contributed by atoms with E-state index >= 15 is 0 Å². The fourth-order valence-electron chi connectivity index (χ4n) is 1.94. The SMILES string of the molecule is CCNC(=NCC(CC(C)C)NC(=O)OCC)NC(C)CC.I. The molecule has 0 spiro atoms. The lowest BCUT2D eigenvalue weighted by Gasteiger charge is -2.20. The van der Waals surface area contributed by atoms with Gasteiger partial charge < -0.3 is 20.7 Å². The van der Waals surface area contributed by atoms with E-state index in [2.05, 4.69) is 48.6 Å². The van der Waals surface area contributed by atoms with Crippen molar-refractivity contribution in [3.63, 3.8) is 0 Å². The van der Waals surface area contributed by atoms with Gasteiger partial charge in [0.1, 0.15) is 0 Å². The van der Waals surface area contributed by atoms with E-state index in [-0.39, 0.29) is 36.1 Å². The standard InChI is InChI=1S/C16H34N4O2.HI/c1-7-13(6)19-15(17-8-2)18-11-14(10-12(4)5)20-16(21)22-9-3;/h12-14H,7-11H2,1-6H3,(H,20,21)(H2,17,18,19);1H. The molecule has 0 aliphatic heterocycles. The molecule has 3 N–H and O–H groups in total. The fraction of sp³-hybridized carbons (Fsp3) is 0.875. The first-order chi connectivity index (χ1) is 10.4. The summed E-state index contributed by atoms with van der Waals surface area (Å²) in [7, 11) is 0. The highest BCUT2D eigenvalue weighted by molar-refractivity contribution is 14.0. The van der Waals surface area contributed by atoms with Crippen molar-refractivity contribution < 1.29 is 9.53 Å². The van der Waals surface area contributed by atoms with E-state index in [0.29, 0.717) is 25.1 Å². The lowest BCUT2D eigenvalue weighted by atomic mass is 10.0. The number of amides is 1. The zero-order chi connectivity index (χ0) is 17.0. The van der Waals surface area contributed by atoms with Crippen LogP contribution in [0.4, 0.5) is 4.79 Å². The number of alkyl carbamates (subject to hydrolysis) is 1. The van der Waals surface area contributed by atoms with E-state index in [9.17, 15) is 4.79 Å². The van der Waals surface area contributed by atoms with Gasteiger partial charge in [-0.2, -0.15) is 0 Å². The van der Waals surface area contributed by atoms with Crippen molar-refractivity contribution in [2.45, 2.75) is 66.5 Å². The Hall–Kier alpha value is -0.730. The third-order valence-corrected chi connectivity index (χ3v) is 3.16.